The molecule has 1 amide bonds. The third-order valence-corrected chi connectivity index (χ3v) is 6.20. The topological polar surface area (TPSA) is 75.0 Å². The predicted molar refractivity (Wildman–Crippen MR) is 130 cm³/mol. The maximum absolute atomic E-state index is 12.6. The Morgan fingerprint density at radius 2 is 1.85 bits per heavy atom. The van der Waals surface area contributed by atoms with Gasteiger partial charge < -0.3 is 14.5 Å². The molecule has 1 aromatic heterocycles. The van der Waals surface area contributed by atoms with Crippen LogP contribution in [0.1, 0.15) is 18.1 Å². The van der Waals surface area contributed by atoms with E-state index < -0.39 is 0 Å². The van der Waals surface area contributed by atoms with Crippen LogP contribution in [-0.4, -0.2) is 55.5 Å². The highest BCUT2D eigenvalue weighted by Crippen LogP contribution is 2.27. The van der Waals surface area contributed by atoms with Crippen LogP contribution < -0.4 is 15.7 Å². The van der Waals surface area contributed by atoms with Crippen LogP contribution in [0.5, 0.6) is 5.75 Å². The molecule has 1 N–H and O–H groups in total. The van der Waals surface area contributed by atoms with Crippen LogP contribution in [0, 0.1) is 0 Å². The minimum atomic E-state index is -0.325. The Bertz CT molecular complexity index is 1200. The van der Waals surface area contributed by atoms with E-state index in [0.717, 1.165) is 43.5 Å². The van der Waals surface area contributed by atoms with Crippen molar-refractivity contribution in [2.24, 2.45) is 0 Å². The van der Waals surface area contributed by atoms with Crippen LogP contribution in [0.4, 0.5) is 5.69 Å². The highest BCUT2D eigenvalue weighted by atomic mass is 35.5. The molecule has 33 heavy (non-hydrogen) atoms. The summed E-state index contributed by atoms with van der Waals surface area (Å²) in [7, 11) is 1.56. The summed E-state index contributed by atoms with van der Waals surface area (Å²) >= 11 is 6.05. The highest BCUT2D eigenvalue weighted by molar-refractivity contribution is 6.31. The van der Waals surface area contributed by atoms with Gasteiger partial charge in [-0.25, -0.2) is 4.79 Å². The van der Waals surface area contributed by atoms with E-state index in [9.17, 15) is 9.59 Å². The van der Waals surface area contributed by atoms with Gasteiger partial charge in [-0.3, -0.25) is 14.6 Å². The number of methoxy groups -OCH3 is 1. The Kier molecular flexibility index (Phi) is 7.33. The van der Waals surface area contributed by atoms with Gasteiger partial charge in [-0.15, -0.1) is 0 Å². The number of aryl methyl sites for hydroxylation is 1. The van der Waals surface area contributed by atoms with Crippen LogP contribution >= 0.6 is 11.6 Å². The third kappa shape index (κ3) is 5.74. The van der Waals surface area contributed by atoms with Crippen molar-refractivity contribution in [2.45, 2.75) is 19.9 Å². The molecule has 174 valence electrons. The number of halogens is 1. The van der Waals surface area contributed by atoms with E-state index in [2.05, 4.69) is 28.1 Å². The number of amides is 1. The second kappa shape index (κ2) is 10.4. The van der Waals surface area contributed by atoms with Crippen LogP contribution in [0.2, 0.25) is 5.02 Å². The summed E-state index contributed by atoms with van der Waals surface area (Å²) in [5, 5.41) is 4.42. The lowest BCUT2D eigenvalue weighted by Gasteiger charge is -2.34. The molecule has 7 nitrogen and oxygen atoms in total. The van der Waals surface area contributed by atoms with E-state index in [-0.39, 0.29) is 11.5 Å². The van der Waals surface area contributed by atoms with Gasteiger partial charge in [-0.05, 0) is 47.9 Å². The van der Waals surface area contributed by atoms with Gasteiger partial charge in [0, 0.05) is 49.2 Å². The number of anilines is 1. The van der Waals surface area contributed by atoms with Crippen molar-refractivity contribution in [1.29, 1.82) is 0 Å². The molecule has 1 aliphatic rings. The summed E-state index contributed by atoms with van der Waals surface area (Å²) in [6, 6.07) is 12.7. The number of carbonyl (C=O) groups excluding carboxylic acids is 1. The molecule has 0 atom stereocenters. The maximum Gasteiger partial charge on any atom is 0.336 e. The first-order valence-electron chi connectivity index (χ1n) is 11.1. The van der Waals surface area contributed by atoms with Gasteiger partial charge in [0.25, 0.3) is 0 Å². The van der Waals surface area contributed by atoms with Crippen LogP contribution in [0.15, 0.2) is 51.7 Å². The van der Waals surface area contributed by atoms with Crippen molar-refractivity contribution in [3.63, 3.8) is 0 Å². The minimum Gasteiger partial charge on any atom is -0.495 e. The van der Waals surface area contributed by atoms with Crippen molar-refractivity contribution < 1.29 is 13.9 Å². The number of nitrogens with zero attached hydrogens (tertiary/aromatic N) is 2. The number of piperazine rings is 1. The molecule has 2 heterocycles. The number of fused-ring (bicyclic) bond motifs is 1. The first kappa shape index (κ1) is 23.3. The van der Waals surface area contributed by atoms with Gasteiger partial charge in [-0.1, -0.05) is 24.6 Å². The molecule has 8 heteroatoms. The Hall–Kier alpha value is -2.87. The minimum absolute atomic E-state index is 0.109. The Morgan fingerprint density at radius 1 is 1.09 bits per heavy atom. The predicted octanol–water partition coefficient (Wildman–Crippen LogP) is 3.77. The molecule has 0 bridgehead atoms. The lowest BCUT2D eigenvalue weighted by Crippen LogP contribution is -2.48. The number of carbonyl (C=O) groups is 1. The largest absolute Gasteiger partial charge is 0.495 e. The number of benzene rings is 2. The molecule has 1 fully saturated rings. The van der Waals surface area contributed by atoms with E-state index in [1.54, 1.807) is 31.4 Å². The number of rotatable bonds is 7. The van der Waals surface area contributed by atoms with Gasteiger partial charge in [0.1, 0.15) is 11.3 Å². The zero-order valence-corrected chi connectivity index (χ0v) is 19.7. The van der Waals surface area contributed by atoms with E-state index in [4.69, 9.17) is 20.8 Å². The lowest BCUT2D eigenvalue weighted by atomic mass is 10.0. The molecule has 0 unspecified atom stereocenters. The summed E-state index contributed by atoms with van der Waals surface area (Å²) < 4.78 is 10.7. The molecule has 3 aromatic rings. The molecule has 0 spiro atoms. The third-order valence-electron chi connectivity index (χ3n) is 5.96. The molecule has 1 saturated heterocycles. The Balaban J connectivity index is 1.35. The first-order valence-corrected chi connectivity index (χ1v) is 11.5. The second-order valence-electron chi connectivity index (χ2n) is 8.22. The Morgan fingerprint density at radius 3 is 2.58 bits per heavy atom. The van der Waals surface area contributed by atoms with Gasteiger partial charge in [0.15, 0.2) is 0 Å². The molecule has 2 aromatic carbocycles. The number of nitrogens with one attached hydrogen (secondary N) is 1. The zero-order chi connectivity index (χ0) is 23.4. The average molecular weight is 470 g/mol. The van der Waals surface area contributed by atoms with Crippen molar-refractivity contribution in [3.05, 3.63) is 69.0 Å². The lowest BCUT2D eigenvalue weighted by molar-refractivity contribution is -0.117. The zero-order valence-electron chi connectivity index (χ0n) is 18.9. The van der Waals surface area contributed by atoms with Gasteiger partial charge in [0.05, 0.1) is 19.3 Å². The van der Waals surface area contributed by atoms with E-state index in [0.29, 0.717) is 35.1 Å². The molecule has 4 rings (SSSR count). The fourth-order valence-corrected chi connectivity index (χ4v) is 4.31. The van der Waals surface area contributed by atoms with Crippen molar-refractivity contribution in [1.82, 2.24) is 9.80 Å². The quantitative estimate of drug-likeness (QED) is 0.531. The average Bonchev–Trinajstić information content (AvgIpc) is 2.80. The van der Waals surface area contributed by atoms with E-state index in [1.807, 2.05) is 12.1 Å². The molecule has 0 saturated carbocycles. The monoisotopic (exact) mass is 469 g/mol. The number of ether oxygens (including phenoxy) is 1. The standard InChI is InChI=1S/C25H28ClN3O4/c1-3-17-4-6-22-20(12-17)18(13-25(31)33-22)15-28-8-10-29(11-9-28)16-24(30)27-21-14-19(26)5-7-23(21)32-2/h4-7,12-14H,3,8-11,15-16H2,1-2H3,(H,27,30). The van der Waals surface area contributed by atoms with Crippen molar-refractivity contribution in [2.75, 3.05) is 45.2 Å². The number of hydrogen-bond acceptors (Lipinski definition) is 6. The molecule has 0 radical (unpaired) electrons. The summed E-state index contributed by atoms with van der Waals surface area (Å²) in [4.78, 5) is 29.0. The molecule has 0 aliphatic carbocycles. The summed E-state index contributed by atoms with van der Waals surface area (Å²) in [6.45, 7) is 6.22. The Labute approximate surface area is 197 Å². The summed E-state index contributed by atoms with van der Waals surface area (Å²) in [5.41, 5.74) is 3.06. The SMILES string of the molecule is CCc1ccc2oc(=O)cc(CN3CCN(CC(=O)Nc4cc(Cl)ccc4OC)CC3)c2c1. The van der Waals surface area contributed by atoms with E-state index >= 15 is 0 Å². The van der Waals surface area contributed by atoms with Gasteiger partial charge >= 0.3 is 5.63 Å². The second-order valence-corrected chi connectivity index (χ2v) is 8.66. The fraction of sp³-hybridized carbons (Fsp3) is 0.360. The van der Waals surface area contributed by atoms with Gasteiger partial charge in [0.2, 0.25) is 5.91 Å². The van der Waals surface area contributed by atoms with E-state index in [1.165, 1.54) is 5.56 Å². The molecular formula is C25H28ClN3O4. The van der Waals surface area contributed by atoms with Crippen LogP contribution in [-0.2, 0) is 17.8 Å². The van der Waals surface area contributed by atoms with Gasteiger partial charge in [-0.2, -0.15) is 0 Å². The van der Waals surface area contributed by atoms with Crippen molar-refractivity contribution in [3.8, 4) is 5.75 Å². The van der Waals surface area contributed by atoms with Crippen LogP contribution in [0.25, 0.3) is 11.0 Å². The summed E-state index contributed by atoms with van der Waals surface area (Å²) in [5.74, 6) is 0.464. The van der Waals surface area contributed by atoms with Crippen LogP contribution in [0.3, 0.4) is 0 Å². The maximum atomic E-state index is 12.6. The number of hydrogen-bond donors (Lipinski definition) is 1. The van der Waals surface area contributed by atoms with Crippen molar-refractivity contribution >= 4 is 34.2 Å². The highest BCUT2D eigenvalue weighted by Gasteiger charge is 2.21. The normalized spacial score (nSPS) is 15.0. The molecule has 1 aliphatic heterocycles. The summed E-state index contributed by atoms with van der Waals surface area (Å²) in [6.07, 6.45) is 0.927. The molecular weight excluding hydrogens is 442 g/mol. The first-order chi connectivity index (χ1) is 15.9. The fourth-order valence-electron chi connectivity index (χ4n) is 4.14. The smallest absolute Gasteiger partial charge is 0.336 e.